The van der Waals surface area contributed by atoms with E-state index >= 15 is 0 Å². The fraction of sp³-hybridized carbons (Fsp3) is 0.259. The third-order valence-electron chi connectivity index (χ3n) is 5.61. The summed E-state index contributed by atoms with van der Waals surface area (Å²) in [6.45, 7) is 5.99. The first-order valence-electron chi connectivity index (χ1n) is 11.2. The highest BCUT2D eigenvalue weighted by atomic mass is 35.5. The average Bonchev–Trinajstić information content (AvgIpc) is 3.16. The minimum atomic E-state index is -0.146. The van der Waals surface area contributed by atoms with E-state index in [0.29, 0.717) is 23.7 Å². The van der Waals surface area contributed by atoms with Crippen LogP contribution >= 0.6 is 11.6 Å². The predicted octanol–water partition coefficient (Wildman–Crippen LogP) is 6.10. The SMILES string of the molecule is Cc1ccc(OCCCCn2c(CNC(=O)c3ccc(Cl)cc3)nc3ccccc32)c(C)c1. The van der Waals surface area contributed by atoms with E-state index in [1.165, 1.54) is 5.56 Å². The van der Waals surface area contributed by atoms with Gasteiger partial charge in [0.15, 0.2) is 0 Å². The van der Waals surface area contributed by atoms with E-state index in [4.69, 9.17) is 21.3 Å². The number of aromatic nitrogens is 2. The number of hydrogen-bond acceptors (Lipinski definition) is 3. The molecule has 33 heavy (non-hydrogen) atoms. The molecule has 0 saturated heterocycles. The lowest BCUT2D eigenvalue weighted by atomic mass is 10.1. The van der Waals surface area contributed by atoms with Crippen molar-refractivity contribution >= 4 is 28.5 Å². The summed E-state index contributed by atoms with van der Waals surface area (Å²) in [5.74, 6) is 1.64. The highest BCUT2D eigenvalue weighted by Crippen LogP contribution is 2.20. The van der Waals surface area contributed by atoms with Crippen LogP contribution in [0.25, 0.3) is 11.0 Å². The van der Waals surface area contributed by atoms with Crippen LogP contribution in [-0.2, 0) is 13.1 Å². The minimum absolute atomic E-state index is 0.146. The lowest BCUT2D eigenvalue weighted by molar-refractivity contribution is 0.0949. The molecule has 1 N–H and O–H groups in total. The number of unbranched alkanes of at least 4 members (excludes halogenated alkanes) is 1. The van der Waals surface area contributed by atoms with Crippen LogP contribution in [0.15, 0.2) is 66.7 Å². The maximum absolute atomic E-state index is 12.5. The van der Waals surface area contributed by atoms with Gasteiger partial charge < -0.3 is 14.6 Å². The molecule has 0 fully saturated rings. The molecule has 4 aromatic rings. The quantitative estimate of drug-likeness (QED) is 0.306. The Labute approximate surface area is 199 Å². The van der Waals surface area contributed by atoms with Crippen molar-refractivity contribution in [3.63, 3.8) is 0 Å². The Hall–Kier alpha value is -3.31. The number of carbonyl (C=O) groups is 1. The zero-order valence-corrected chi connectivity index (χ0v) is 19.7. The standard InChI is InChI=1S/C27H28ClN3O2/c1-19-9-14-25(20(2)17-19)33-16-6-5-15-31-24-8-4-3-7-23(24)30-26(31)18-29-27(32)21-10-12-22(28)13-11-21/h3-4,7-14,17H,5-6,15-16,18H2,1-2H3,(H,29,32). The molecule has 0 radical (unpaired) electrons. The fourth-order valence-electron chi connectivity index (χ4n) is 3.89. The summed E-state index contributed by atoms with van der Waals surface area (Å²) >= 11 is 5.92. The molecule has 0 bridgehead atoms. The second-order valence-corrected chi connectivity index (χ2v) is 8.62. The molecule has 0 atom stereocenters. The molecule has 3 aromatic carbocycles. The zero-order valence-electron chi connectivity index (χ0n) is 19.0. The van der Waals surface area contributed by atoms with E-state index in [2.05, 4.69) is 41.9 Å². The van der Waals surface area contributed by atoms with Gasteiger partial charge in [0.1, 0.15) is 11.6 Å². The van der Waals surface area contributed by atoms with Gasteiger partial charge in [-0.1, -0.05) is 41.4 Å². The Balaban J connectivity index is 1.37. The maximum atomic E-state index is 12.5. The van der Waals surface area contributed by atoms with Crippen molar-refractivity contribution in [2.45, 2.75) is 39.8 Å². The Bertz CT molecular complexity index is 1250. The molecule has 0 aliphatic rings. The average molecular weight is 462 g/mol. The highest BCUT2D eigenvalue weighted by Gasteiger charge is 2.12. The number of amides is 1. The smallest absolute Gasteiger partial charge is 0.251 e. The summed E-state index contributed by atoms with van der Waals surface area (Å²) in [6, 6.07) is 21.2. The van der Waals surface area contributed by atoms with Crippen molar-refractivity contribution in [3.05, 3.63) is 94.3 Å². The molecule has 0 aliphatic carbocycles. The molecule has 1 heterocycles. The molecule has 0 saturated carbocycles. The van der Waals surface area contributed by atoms with Crippen molar-refractivity contribution < 1.29 is 9.53 Å². The number of halogens is 1. The van der Waals surface area contributed by atoms with Crippen molar-refractivity contribution in [1.29, 1.82) is 0 Å². The Kier molecular flexibility index (Phi) is 7.30. The molecule has 6 heteroatoms. The normalized spacial score (nSPS) is 11.0. The molecule has 0 spiro atoms. The van der Waals surface area contributed by atoms with Gasteiger partial charge in [0.05, 0.1) is 24.2 Å². The molecule has 1 amide bonds. The molecule has 5 nitrogen and oxygen atoms in total. The summed E-state index contributed by atoms with van der Waals surface area (Å²) in [5, 5.41) is 3.59. The van der Waals surface area contributed by atoms with Crippen LogP contribution in [0.5, 0.6) is 5.75 Å². The van der Waals surface area contributed by atoms with E-state index in [1.807, 2.05) is 24.3 Å². The molecule has 170 valence electrons. The van der Waals surface area contributed by atoms with Gasteiger partial charge in [-0.2, -0.15) is 0 Å². The number of hydrogen-bond donors (Lipinski definition) is 1. The molecular weight excluding hydrogens is 434 g/mol. The molecule has 4 rings (SSSR count). The minimum Gasteiger partial charge on any atom is -0.493 e. The number of carbonyl (C=O) groups excluding carboxylic acids is 1. The number of rotatable bonds is 9. The van der Waals surface area contributed by atoms with Crippen molar-refractivity contribution in [2.75, 3.05) is 6.61 Å². The summed E-state index contributed by atoms with van der Waals surface area (Å²) in [6.07, 6.45) is 1.87. The number of ether oxygens (including phenoxy) is 1. The second-order valence-electron chi connectivity index (χ2n) is 8.18. The molecule has 0 unspecified atom stereocenters. The monoisotopic (exact) mass is 461 g/mol. The largest absolute Gasteiger partial charge is 0.493 e. The van der Waals surface area contributed by atoms with Crippen LogP contribution in [0.2, 0.25) is 5.02 Å². The van der Waals surface area contributed by atoms with E-state index in [9.17, 15) is 4.79 Å². The van der Waals surface area contributed by atoms with Crippen molar-refractivity contribution in [3.8, 4) is 5.75 Å². The number of fused-ring (bicyclic) bond motifs is 1. The van der Waals surface area contributed by atoms with Crippen LogP contribution in [-0.4, -0.2) is 22.1 Å². The van der Waals surface area contributed by atoms with Gasteiger partial charge in [-0.3, -0.25) is 4.79 Å². The second kappa shape index (κ2) is 10.5. The molecule has 1 aromatic heterocycles. The summed E-state index contributed by atoms with van der Waals surface area (Å²) in [5.41, 5.74) is 4.98. The first kappa shape index (κ1) is 22.9. The molecule has 0 aliphatic heterocycles. The van der Waals surface area contributed by atoms with Crippen molar-refractivity contribution in [1.82, 2.24) is 14.9 Å². The van der Waals surface area contributed by atoms with Gasteiger partial charge in [-0.05, 0) is 74.7 Å². The summed E-state index contributed by atoms with van der Waals surface area (Å²) in [4.78, 5) is 17.3. The number of nitrogens with one attached hydrogen (secondary N) is 1. The maximum Gasteiger partial charge on any atom is 0.251 e. The van der Waals surface area contributed by atoms with E-state index in [1.54, 1.807) is 24.3 Å². The molecular formula is C27H28ClN3O2. The van der Waals surface area contributed by atoms with Crippen LogP contribution < -0.4 is 10.1 Å². The lowest BCUT2D eigenvalue weighted by Gasteiger charge is -2.12. The predicted molar refractivity (Wildman–Crippen MR) is 133 cm³/mol. The van der Waals surface area contributed by atoms with Gasteiger partial charge in [0, 0.05) is 17.1 Å². The van der Waals surface area contributed by atoms with Gasteiger partial charge in [0.25, 0.3) is 5.91 Å². The number of para-hydroxylation sites is 2. The number of aryl methyl sites for hydroxylation is 3. The van der Waals surface area contributed by atoms with Crippen LogP contribution in [0.4, 0.5) is 0 Å². The summed E-state index contributed by atoms with van der Waals surface area (Å²) < 4.78 is 8.16. The van der Waals surface area contributed by atoms with Crippen LogP contribution in [0.1, 0.15) is 40.2 Å². The number of nitrogens with zero attached hydrogens (tertiary/aromatic N) is 2. The zero-order chi connectivity index (χ0) is 23.2. The van der Waals surface area contributed by atoms with E-state index in [-0.39, 0.29) is 5.91 Å². The topological polar surface area (TPSA) is 56.1 Å². The van der Waals surface area contributed by atoms with Crippen LogP contribution in [0.3, 0.4) is 0 Å². The third kappa shape index (κ3) is 5.74. The van der Waals surface area contributed by atoms with Crippen molar-refractivity contribution in [2.24, 2.45) is 0 Å². The fourth-order valence-corrected chi connectivity index (χ4v) is 4.01. The number of imidazole rings is 1. The van der Waals surface area contributed by atoms with Gasteiger partial charge in [-0.25, -0.2) is 4.98 Å². The van der Waals surface area contributed by atoms with Gasteiger partial charge in [-0.15, -0.1) is 0 Å². The first-order chi connectivity index (χ1) is 16.0. The highest BCUT2D eigenvalue weighted by molar-refractivity contribution is 6.30. The van der Waals surface area contributed by atoms with Gasteiger partial charge in [0.2, 0.25) is 0 Å². The van der Waals surface area contributed by atoms with Gasteiger partial charge >= 0.3 is 0 Å². The Morgan fingerprint density at radius 2 is 1.82 bits per heavy atom. The van der Waals surface area contributed by atoms with E-state index in [0.717, 1.165) is 47.6 Å². The Morgan fingerprint density at radius 1 is 1.03 bits per heavy atom. The summed E-state index contributed by atoms with van der Waals surface area (Å²) in [7, 11) is 0. The number of benzene rings is 3. The lowest BCUT2D eigenvalue weighted by Crippen LogP contribution is -2.24. The third-order valence-corrected chi connectivity index (χ3v) is 5.86. The van der Waals surface area contributed by atoms with E-state index < -0.39 is 0 Å². The van der Waals surface area contributed by atoms with Crippen LogP contribution in [0, 0.1) is 13.8 Å². The Morgan fingerprint density at radius 3 is 2.61 bits per heavy atom. The first-order valence-corrected chi connectivity index (χ1v) is 11.6.